The zero-order valence-corrected chi connectivity index (χ0v) is 13.6. The van der Waals surface area contributed by atoms with E-state index in [1.165, 1.54) is 24.3 Å². The molecule has 1 aromatic rings. The van der Waals surface area contributed by atoms with Crippen molar-refractivity contribution >= 4 is 29.4 Å². The Morgan fingerprint density at radius 3 is 2.64 bits per heavy atom. The minimum Gasteiger partial charge on any atom is -0.509 e. The highest BCUT2D eigenvalue weighted by Crippen LogP contribution is 2.23. The smallest absolute Gasteiger partial charge is 0.358 e. The van der Waals surface area contributed by atoms with Crippen molar-refractivity contribution in [3.8, 4) is 0 Å². The van der Waals surface area contributed by atoms with E-state index in [1.807, 2.05) is 0 Å². The number of nitrogens with one attached hydrogen (secondary N) is 1. The van der Waals surface area contributed by atoms with E-state index in [2.05, 4.69) is 5.32 Å². The van der Waals surface area contributed by atoms with Crippen molar-refractivity contribution in [3.63, 3.8) is 0 Å². The number of carbonyl (C=O) groups excluding carboxylic acids is 1. The van der Waals surface area contributed by atoms with E-state index in [-0.39, 0.29) is 29.5 Å². The minimum atomic E-state index is -1.27. The van der Waals surface area contributed by atoms with Crippen molar-refractivity contribution in [2.75, 3.05) is 5.75 Å². The van der Waals surface area contributed by atoms with Crippen LogP contribution in [-0.2, 0) is 20.9 Å². The van der Waals surface area contributed by atoms with Gasteiger partial charge < -0.3 is 26.0 Å². The van der Waals surface area contributed by atoms with Crippen LogP contribution in [0.2, 0.25) is 0 Å². The van der Waals surface area contributed by atoms with Crippen LogP contribution in [-0.4, -0.2) is 44.2 Å². The van der Waals surface area contributed by atoms with Crippen molar-refractivity contribution in [2.45, 2.75) is 18.0 Å². The number of aliphatic carboxylic acids is 1. The van der Waals surface area contributed by atoms with Crippen molar-refractivity contribution < 1.29 is 29.5 Å². The van der Waals surface area contributed by atoms with Crippen LogP contribution in [0, 0.1) is 10.1 Å². The predicted molar refractivity (Wildman–Crippen MR) is 87.5 cm³/mol. The Balaban J connectivity index is 1.99. The van der Waals surface area contributed by atoms with Crippen molar-refractivity contribution in [1.82, 2.24) is 5.32 Å². The topological polar surface area (TPSA) is 165 Å². The molecule has 1 aliphatic heterocycles. The van der Waals surface area contributed by atoms with Gasteiger partial charge in [-0.05, 0) is 17.7 Å². The maximum atomic E-state index is 12.1. The number of carboxylic acids is 1. The van der Waals surface area contributed by atoms with Gasteiger partial charge in [-0.2, -0.15) is 0 Å². The average Bonchev–Trinajstić information content (AvgIpc) is 2.59. The number of nitrogens with two attached hydrogens (primary N) is 1. The molecule has 0 unspecified atom stereocenters. The van der Waals surface area contributed by atoms with Gasteiger partial charge in [0.25, 0.3) is 5.69 Å². The summed E-state index contributed by atoms with van der Waals surface area (Å²) in [5, 5.41) is 31.1. The molecule has 2 atom stereocenters. The number of aliphatic hydroxyl groups is 1. The predicted octanol–water partition coefficient (Wildman–Crippen LogP) is 0.482. The SMILES string of the molecule is N[C@@H](C(=O)O)[C@@H]1NC(C(=O)OCc2ccc([N+](=O)[O-])cc2)=C(O)CS1. The summed E-state index contributed by atoms with van der Waals surface area (Å²) in [5.41, 5.74) is 5.69. The molecular weight excluding hydrogens is 354 g/mol. The van der Waals surface area contributed by atoms with Gasteiger partial charge in [-0.15, -0.1) is 11.8 Å². The van der Waals surface area contributed by atoms with Crippen molar-refractivity contribution in [2.24, 2.45) is 5.73 Å². The van der Waals surface area contributed by atoms with Crippen molar-refractivity contribution in [1.29, 1.82) is 0 Å². The lowest BCUT2D eigenvalue weighted by atomic mass is 10.2. The van der Waals surface area contributed by atoms with E-state index < -0.39 is 28.3 Å². The molecule has 1 heterocycles. The summed E-state index contributed by atoms with van der Waals surface area (Å²) in [5.74, 6) is -2.38. The highest BCUT2D eigenvalue weighted by Gasteiger charge is 2.32. The Morgan fingerprint density at radius 1 is 1.44 bits per heavy atom. The van der Waals surface area contributed by atoms with Gasteiger partial charge in [0.05, 0.1) is 16.1 Å². The Hall–Kier alpha value is -2.79. The molecule has 0 aromatic heterocycles. The zero-order chi connectivity index (χ0) is 18.6. The molecule has 0 bridgehead atoms. The Bertz CT molecular complexity index is 720. The van der Waals surface area contributed by atoms with Gasteiger partial charge in [0.15, 0.2) is 5.70 Å². The molecule has 0 fully saturated rings. The average molecular weight is 369 g/mol. The number of hydrogen-bond acceptors (Lipinski definition) is 9. The van der Waals surface area contributed by atoms with Crippen LogP contribution in [0.1, 0.15) is 5.56 Å². The number of esters is 1. The first-order chi connectivity index (χ1) is 11.8. The third-order valence-corrected chi connectivity index (χ3v) is 4.52. The first-order valence-corrected chi connectivity index (χ1v) is 8.03. The first kappa shape index (κ1) is 18.5. The molecule has 1 aromatic carbocycles. The molecule has 134 valence electrons. The molecule has 10 nitrogen and oxygen atoms in total. The van der Waals surface area contributed by atoms with Crippen LogP contribution in [0.15, 0.2) is 35.7 Å². The molecule has 0 saturated carbocycles. The standard InChI is InChI=1S/C14H15N3O7S/c15-10(13(19)20)12-16-11(9(18)6-25-12)14(21)24-5-7-1-3-8(4-2-7)17(22)23/h1-4,10,12,16,18H,5-6,15H2,(H,19,20)/t10-,12-/m1/s1. The Labute approximate surface area is 145 Å². The summed E-state index contributed by atoms with van der Waals surface area (Å²) in [6.45, 7) is -0.169. The van der Waals surface area contributed by atoms with E-state index in [0.29, 0.717) is 5.56 Å². The quantitative estimate of drug-likeness (QED) is 0.315. The molecule has 2 rings (SSSR count). The van der Waals surface area contributed by atoms with Crippen LogP contribution in [0.3, 0.4) is 0 Å². The molecule has 0 saturated heterocycles. The highest BCUT2D eigenvalue weighted by molar-refractivity contribution is 8.00. The number of non-ortho nitro benzene ring substituents is 1. The monoisotopic (exact) mass is 369 g/mol. The molecule has 25 heavy (non-hydrogen) atoms. The van der Waals surface area contributed by atoms with Gasteiger partial charge in [0.1, 0.15) is 18.4 Å². The fourth-order valence-corrected chi connectivity index (χ4v) is 2.95. The second-order valence-corrected chi connectivity index (χ2v) is 6.19. The summed E-state index contributed by atoms with van der Waals surface area (Å²) in [6, 6.07) is 4.16. The third-order valence-electron chi connectivity index (χ3n) is 3.31. The van der Waals surface area contributed by atoms with Crippen LogP contribution < -0.4 is 11.1 Å². The Morgan fingerprint density at radius 2 is 2.08 bits per heavy atom. The Kier molecular flexibility index (Phi) is 5.83. The molecule has 0 aliphatic carbocycles. The van der Waals surface area contributed by atoms with E-state index in [9.17, 15) is 24.8 Å². The molecule has 1 aliphatic rings. The third kappa shape index (κ3) is 4.61. The number of nitro groups is 1. The fraction of sp³-hybridized carbons (Fsp3) is 0.286. The van der Waals surface area contributed by atoms with Gasteiger partial charge in [-0.3, -0.25) is 14.9 Å². The number of ether oxygens (including phenoxy) is 1. The van der Waals surface area contributed by atoms with Gasteiger partial charge in [-0.25, -0.2) is 4.79 Å². The van der Waals surface area contributed by atoms with Gasteiger partial charge in [0.2, 0.25) is 0 Å². The molecular formula is C14H15N3O7S. The number of hydrogen-bond donors (Lipinski definition) is 4. The molecule has 0 amide bonds. The summed E-state index contributed by atoms with van der Waals surface area (Å²) >= 11 is 1.05. The summed E-state index contributed by atoms with van der Waals surface area (Å²) in [4.78, 5) is 33.0. The molecule has 5 N–H and O–H groups in total. The molecule has 11 heteroatoms. The number of thioether (sulfide) groups is 1. The largest absolute Gasteiger partial charge is 0.509 e. The van der Waals surface area contributed by atoms with Crippen LogP contribution in [0.4, 0.5) is 5.69 Å². The lowest BCUT2D eigenvalue weighted by molar-refractivity contribution is -0.384. The summed E-state index contributed by atoms with van der Waals surface area (Å²) in [7, 11) is 0. The maximum absolute atomic E-state index is 12.1. The van der Waals surface area contributed by atoms with E-state index in [1.54, 1.807) is 0 Å². The van der Waals surface area contributed by atoms with Crippen LogP contribution in [0.5, 0.6) is 0 Å². The number of rotatable bonds is 6. The van der Waals surface area contributed by atoms with E-state index >= 15 is 0 Å². The van der Waals surface area contributed by atoms with Crippen molar-refractivity contribution in [3.05, 3.63) is 51.4 Å². The lowest BCUT2D eigenvalue weighted by Crippen LogP contribution is -2.50. The normalized spacial score (nSPS) is 18.2. The highest BCUT2D eigenvalue weighted by atomic mass is 32.2. The van der Waals surface area contributed by atoms with Crippen LogP contribution >= 0.6 is 11.8 Å². The summed E-state index contributed by atoms with van der Waals surface area (Å²) in [6.07, 6.45) is 0. The summed E-state index contributed by atoms with van der Waals surface area (Å²) < 4.78 is 5.04. The second-order valence-electron chi connectivity index (χ2n) is 5.06. The maximum Gasteiger partial charge on any atom is 0.358 e. The second kappa shape index (κ2) is 7.85. The van der Waals surface area contributed by atoms with Gasteiger partial charge >= 0.3 is 11.9 Å². The van der Waals surface area contributed by atoms with Gasteiger partial charge in [-0.1, -0.05) is 0 Å². The number of carboxylic acid groups (broad SMARTS) is 1. The first-order valence-electron chi connectivity index (χ1n) is 6.98. The molecule has 0 radical (unpaired) electrons. The van der Waals surface area contributed by atoms with Crippen LogP contribution in [0.25, 0.3) is 0 Å². The number of carbonyl (C=O) groups is 2. The minimum absolute atomic E-state index is 0.0145. The van der Waals surface area contributed by atoms with E-state index in [4.69, 9.17) is 15.6 Å². The fourth-order valence-electron chi connectivity index (χ4n) is 1.94. The zero-order valence-electron chi connectivity index (χ0n) is 12.7. The molecule has 0 spiro atoms. The number of nitrogens with zero attached hydrogens (tertiary/aromatic N) is 1. The van der Waals surface area contributed by atoms with E-state index in [0.717, 1.165) is 11.8 Å². The van der Waals surface area contributed by atoms with Gasteiger partial charge in [0, 0.05) is 12.1 Å². The number of benzene rings is 1. The number of nitro benzene ring substituents is 1. The number of aliphatic hydroxyl groups excluding tert-OH is 1. The lowest BCUT2D eigenvalue weighted by Gasteiger charge is -2.28.